The van der Waals surface area contributed by atoms with E-state index in [0.717, 1.165) is 5.69 Å². The lowest BCUT2D eigenvalue weighted by atomic mass is 10.2. The number of hydrogen-bond donors (Lipinski definition) is 0. The molecule has 0 amide bonds. The second-order valence-corrected chi connectivity index (χ2v) is 3.33. The van der Waals surface area contributed by atoms with Crippen molar-refractivity contribution in [2.75, 3.05) is 24.5 Å². The van der Waals surface area contributed by atoms with Gasteiger partial charge in [0.1, 0.15) is 0 Å². The Bertz CT molecular complexity index is 291. The van der Waals surface area contributed by atoms with Crippen LogP contribution in [-0.4, -0.2) is 31.1 Å². The molecule has 0 spiro atoms. The summed E-state index contributed by atoms with van der Waals surface area (Å²) in [5.74, 6) is 0. The van der Waals surface area contributed by atoms with Crippen molar-refractivity contribution in [2.45, 2.75) is 6.30 Å². The first kappa shape index (κ1) is 9.40. The molecule has 0 radical (unpaired) electrons. The van der Waals surface area contributed by atoms with Gasteiger partial charge in [0.05, 0.1) is 6.54 Å². The van der Waals surface area contributed by atoms with Crippen LogP contribution in [0.15, 0.2) is 30.3 Å². The zero-order valence-electron chi connectivity index (χ0n) is 7.74. The highest BCUT2D eigenvalue weighted by molar-refractivity contribution is 5.46. The van der Waals surface area contributed by atoms with Crippen LogP contribution in [0.25, 0.3) is 0 Å². The minimum Gasteiger partial charge on any atom is -0.339 e. The zero-order valence-corrected chi connectivity index (χ0v) is 7.74. The van der Waals surface area contributed by atoms with Crippen molar-refractivity contribution >= 4 is 5.69 Å². The zero-order chi connectivity index (χ0) is 9.97. The molecule has 1 aliphatic rings. The molecule has 0 saturated carbocycles. The van der Waals surface area contributed by atoms with Gasteiger partial charge in [-0.1, -0.05) is 18.2 Å². The maximum atomic E-state index is 13.4. The third kappa shape index (κ3) is 1.85. The summed E-state index contributed by atoms with van der Waals surface area (Å²) in [7, 11) is 0. The number of hydrogen-bond acceptors (Lipinski definition) is 2. The van der Waals surface area contributed by atoms with Crippen LogP contribution in [0, 0.1) is 0 Å². The Labute approximate surface area is 81.7 Å². The van der Waals surface area contributed by atoms with Gasteiger partial charge in [-0.2, -0.15) is 0 Å². The van der Waals surface area contributed by atoms with E-state index >= 15 is 0 Å². The number of para-hydroxylation sites is 1. The average Bonchev–Trinajstić information content (AvgIpc) is 2.19. The molecule has 2 rings (SSSR count). The van der Waals surface area contributed by atoms with Crippen molar-refractivity contribution in [3.05, 3.63) is 30.3 Å². The number of piperazine rings is 1. The van der Waals surface area contributed by atoms with Gasteiger partial charge in [-0.3, -0.25) is 0 Å². The second-order valence-electron chi connectivity index (χ2n) is 3.33. The molecule has 4 heteroatoms. The van der Waals surface area contributed by atoms with Gasteiger partial charge in [-0.25, -0.2) is 4.39 Å². The molecular formula is C10H12F2N2. The Morgan fingerprint density at radius 1 is 1.14 bits per heavy atom. The molecular weight excluding hydrogens is 186 g/mol. The topological polar surface area (TPSA) is 6.48 Å². The number of anilines is 1. The summed E-state index contributed by atoms with van der Waals surface area (Å²) in [4.78, 5) is 1.58. The van der Waals surface area contributed by atoms with E-state index in [0.29, 0.717) is 11.7 Å². The summed E-state index contributed by atoms with van der Waals surface area (Å²) in [5, 5.41) is 0.518. The number of halogens is 2. The molecule has 0 aromatic heterocycles. The Morgan fingerprint density at radius 3 is 2.50 bits per heavy atom. The Morgan fingerprint density at radius 2 is 1.86 bits per heavy atom. The standard InChI is InChI=1S/C10H12F2N2/c11-10-8-13(12)6-7-14(10)9-4-2-1-3-5-9/h1-5,10H,6-8H2. The highest BCUT2D eigenvalue weighted by Gasteiger charge is 2.26. The number of alkyl halides is 1. The lowest BCUT2D eigenvalue weighted by molar-refractivity contribution is -0.0156. The highest BCUT2D eigenvalue weighted by atomic mass is 19.2. The van der Waals surface area contributed by atoms with Crippen LogP contribution in [0.2, 0.25) is 0 Å². The highest BCUT2D eigenvalue weighted by Crippen LogP contribution is 2.20. The van der Waals surface area contributed by atoms with Gasteiger partial charge in [0.25, 0.3) is 0 Å². The molecule has 1 heterocycles. The molecule has 0 N–H and O–H groups in total. The maximum absolute atomic E-state index is 13.4. The Hall–Kier alpha value is -1.16. The van der Waals surface area contributed by atoms with E-state index in [1.807, 2.05) is 30.3 Å². The fraction of sp³-hybridized carbons (Fsp3) is 0.400. The molecule has 0 bridgehead atoms. The van der Waals surface area contributed by atoms with Crippen LogP contribution in [0.1, 0.15) is 0 Å². The third-order valence-electron chi connectivity index (χ3n) is 2.36. The molecule has 1 aliphatic heterocycles. The molecule has 1 aromatic rings. The summed E-state index contributed by atoms with van der Waals surface area (Å²) >= 11 is 0. The largest absolute Gasteiger partial charge is 0.339 e. The van der Waals surface area contributed by atoms with E-state index in [2.05, 4.69) is 0 Å². The van der Waals surface area contributed by atoms with Crippen LogP contribution >= 0.6 is 0 Å². The van der Waals surface area contributed by atoms with Crippen LogP contribution < -0.4 is 4.90 Å². The summed E-state index contributed by atoms with van der Waals surface area (Å²) < 4.78 is 26.1. The predicted octanol–water partition coefficient (Wildman–Crippen LogP) is 1.99. The van der Waals surface area contributed by atoms with Crippen molar-refractivity contribution in [1.29, 1.82) is 0 Å². The number of rotatable bonds is 1. The molecule has 2 nitrogen and oxygen atoms in total. The van der Waals surface area contributed by atoms with E-state index in [-0.39, 0.29) is 13.1 Å². The molecule has 1 aromatic carbocycles. The second kappa shape index (κ2) is 3.92. The van der Waals surface area contributed by atoms with Crippen LogP contribution in [-0.2, 0) is 0 Å². The summed E-state index contributed by atoms with van der Waals surface area (Å²) in [5.41, 5.74) is 0.813. The van der Waals surface area contributed by atoms with Crippen LogP contribution in [0.3, 0.4) is 0 Å². The van der Waals surface area contributed by atoms with Crippen LogP contribution in [0.5, 0.6) is 0 Å². The van der Waals surface area contributed by atoms with Gasteiger partial charge in [-0.15, -0.1) is 9.60 Å². The lowest BCUT2D eigenvalue weighted by Crippen LogP contribution is -2.48. The number of nitrogens with zero attached hydrogens (tertiary/aromatic N) is 2. The normalized spacial score (nSPS) is 23.9. The Kier molecular flexibility index (Phi) is 2.63. The van der Waals surface area contributed by atoms with Gasteiger partial charge >= 0.3 is 0 Å². The fourth-order valence-electron chi connectivity index (χ4n) is 1.62. The Balaban J connectivity index is 2.12. The van der Waals surface area contributed by atoms with Gasteiger partial charge < -0.3 is 4.90 Å². The van der Waals surface area contributed by atoms with Crippen molar-refractivity contribution in [2.24, 2.45) is 0 Å². The third-order valence-corrected chi connectivity index (χ3v) is 2.36. The minimum absolute atomic E-state index is 0.172. The van der Waals surface area contributed by atoms with E-state index in [1.54, 1.807) is 4.90 Å². The molecule has 1 saturated heterocycles. The smallest absolute Gasteiger partial charge is 0.188 e. The first-order valence-electron chi connectivity index (χ1n) is 4.64. The molecule has 14 heavy (non-hydrogen) atoms. The van der Waals surface area contributed by atoms with Crippen molar-refractivity contribution in [1.82, 2.24) is 5.12 Å². The molecule has 1 atom stereocenters. The first-order valence-corrected chi connectivity index (χ1v) is 4.64. The quantitative estimate of drug-likeness (QED) is 0.503. The van der Waals surface area contributed by atoms with Gasteiger partial charge in [0.15, 0.2) is 6.30 Å². The van der Waals surface area contributed by atoms with Gasteiger partial charge in [0, 0.05) is 18.8 Å². The van der Waals surface area contributed by atoms with Crippen molar-refractivity contribution < 1.29 is 8.87 Å². The van der Waals surface area contributed by atoms with E-state index in [4.69, 9.17) is 0 Å². The van der Waals surface area contributed by atoms with Crippen molar-refractivity contribution in [3.63, 3.8) is 0 Å². The average molecular weight is 198 g/mol. The van der Waals surface area contributed by atoms with Gasteiger partial charge in [-0.05, 0) is 12.1 Å². The lowest BCUT2D eigenvalue weighted by Gasteiger charge is -2.34. The fourth-order valence-corrected chi connectivity index (χ4v) is 1.62. The van der Waals surface area contributed by atoms with Crippen LogP contribution in [0.4, 0.5) is 14.6 Å². The minimum atomic E-state index is -1.25. The molecule has 1 unspecified atom stereocenters. The SMILES string of the molecule is FC1CN(F)CCN1c1ccccc1. The summed E-state index contributed by atoms with van der Waals surface area (Å²) in [6.45, 7) is 0.478. The molecule has 76 valence electrons. The summed E-state index contributed by atoms with van der Waals surface area (Å²) in [6.07, 6.45) is -1.25. The maximum Gasteiger partial charge on any atom is 0.188 e. The molecule has 1 fully saturated rings. The number of benzene rings is 1. The monoisotopic (exact) mass is 198 g/mol. The first-order chi connectivity index (χ1) is 6.77. The van der Waals surface area contributed by atoms with E-state index in [1.165, 1.54) is 0 Å². The van der Waals surface area contributed by atoms with E-state index in [9.17, 15) is 8.87 Å². The van der Waals surface area contributed by atoms with Crippen molar-refractivity contribution in [3.8, 4) is 0 Å². The molecule has 0 aliphatic carbocycles. The summed E-state index contributed by atoms with van der Waals surface area (Å²) in [6, 6.07) is 9.25. The van der Waals surface area contributed by atoms with Gasteiger partial charge in [0.2, 0.25) is 0 Å². The predicted molar refractivity (Wildman–Crippen MR) is 51.4 cm³/mol. The van der Waals surface area contributed by atoms with E-state index < -0.39 is 6.30 Å².